The summed E-state index contributed by atoms with van der Waals surface area (Å²) in [4.78, 5) is 21.3. The molecule has 2 N–H and O–H groups in total. The zero-order chi connectivity index (χ0) is 19.6. The van der Waals surface area contributed by atoms with Crippen molar-refractivity contribution < 1.29 is 14.3 Å². The van der Waals surface area contributed by atoms with Gasteiger partial charge < -0.3 is 25.0 Å². The zero-order valence-electron chi connectivity index (χ0n) is 17.3. The average molecular weight is 396 g/mol. The summed E-state index contributed by atoms with van der Waals surface area (Å²) in [7, 11) is 0. The summed E-state index contributed by atoms with van der Waals surface area (Å²) < 4.78 is 11.1. The van der Waals surface area contributed by atoms with Crippen LogP contribution >= 0.6 is 0 Å². The van der Waals surface area contributed by atoms with Crippen molar-refractivity contribution in [1.29, 1.82) is 0 Å². The lowest BCUT2D eigenvalue weighted by molar-refractivity contribution is -0.122. The number of carbonyl (C=O) groups is 1. The predicted molar refractivity (Wildman–Crippen MR) is 110 cm³/mol. The first-order valence-corrected chi connectivity index (χ1v) is 10.9. The normalized spacial score (nSPS) is 23.8. The molecule has 1 amide bonds. The first-order valence-electron chi connectivity index (χ1n) is 10.9. The van der Waals surface area contributed by atoms with Gasteiger partial charge in [-0.15, -0.1) is 0 Å². The monoisotopic (exact) mass is 395 g/mol. The van der Waals surface area contributed by atoms with Gasteiger partial charge >= 0.3 is 0 Å². The molecule has 0 aromatic rings. The van der Waals surface area contributed by atoms with Crippen LogP contribution < -0.4 is 10.6 Å². The molecule has 2 heterocycles. The van der Waals surface area contributed by atoms with Crippen LogP contribution in [0.5, 0.6) is 0 Å². The Morgan fingerprint density at radius 2 is 2.04 bits per heavy atom. The molecular weight excluding hydrogens is 358 g/mol. The number of hydrogen-bond acceptors (Lipinski definition) is 5. The molecule has 8 nitrogen and oxygen atoms in total. The van der Waals surface area contributed by atoms with E-state index in [0.717, 1.165) is 97.3 Å². The van der Waals surface area contributed by atoms with Crippen LogP contribution in [0.25, 0.3) is 0 Å². The fourth-order valence-electron chi connectivity index (χ4n) is 3.56. The van der Waals surface area contributed by atoms with E-state index in [1.165, 1.54) is 0 Å². The largest absolute Gasteiger partial charge is 0.381 e. The SMILES string of the molecule is CCNC(=NCCCOCC1CCOC1)N1CCN(CC(=O)NC2CC2)CC1. The van der Waals surface area contributed by atoms with Crippen LogP contribution in [-0.4, -0.2) is 99.9 Å². The van der Waals surface area contributed by atoms with Crippen molar-refractivity contribution in [2.24, 2.45) is 10.9 Å². The molecule has 0 bridgehead atoms. The number of carbonyl (C=O) groups excluding carboxylic acids is 1. The summed E-state index contributed by atoms with van der Waals surface area (Å²) in [6.07, 6.45) is 4.34. The van der Waals surface area contributed by atoms with Crippen molar-refractivity contribution in [3.8, 4) is 0 Å². The molecule has 2 aliphatic heterocycles. The van der Waals surface area contributed by atoms with Gasteiger partial charge in [-0.05, 0) is 32.6 Å². The number of guanidine groups is 1. The van der Waals surface area contributed by atoms with Crippen molar-refractivity contribution in [2.75, 3.05) is 72.2 Å². The van der Waals surface area contributed by atoms with Crippen LogP contribution in [0.4, 0.5) is 0 Å². The quantitative estimate of drug-likeness (QED) is 0.315. The number of ether oxygens (including phenoxy) is 2. The van der Waals surface area contributed by atoms with Crippen molar-refractivity contribution in [3.63, 3.8) is 0 Å². The molecule has 0 aromatic heterocycles. The summed E-state index contributed by atoms with van der Waals surface area (Å²) in [5.41, 5.74) is 0. The van der Waals surface area contributed by atoms with Gasteiger partial charge in [0.2, 0.25) is 5.91 Å². The van der Waals surface area contributed by atoms with Gasteiger partial charge in [-0.1, -0.05) is 0 Å². The number of nitrogens with zero attached hydrogens (tertiary/aromatic N) is 3. The lowest BCUT2D eigenvalue weighted by Gasteiger charge is -2.36. The summed E-state index contributed by atoms with van der Waals surface area (Å²) in [5.74, 6) is 1.72. The molecule has 3 aliphatic rings. The van der Waals surface area contributed by atoms with E-state index in [-0.39, 0.29) is 5.91 Å². The molecule has 1 saturated carbocycles. The van der Waals surface area contributed by atoms with E-state index in [9.17, 15) is 4.79 Å². The highest BCUT2D eigenvalue weighted by molar-refractivity contribution is 5.80. The highest BCUT2D eigenvalue weighted by Crippen LogP contribution is 2.18. The second-order valence-corrected chi connectivity index (χ2v) is 8.00. The molecule has 3 fully saturated rings. The van der Waals surface area contributed by atoms with Gasteiger partial charge in [0.25, 0.3) is 0 Å². The summed E-state index contributed by atoms with van der Waals surface area (Å²) in [6, 6.07) is 0.441. The maximum Gasteiger partial charge on any atom is 0.234 e. The van der Waals surface area contributed by atoms with Gasteiger partial charge in [0.1, 0.15) is 0 Å². The van der Waals surface area contributed by atoms with Crippen LogP contribution in [-0.2, 0) is 14.3 Å². The van der Waals surface area contributed by atoms with E-state index in [0.29, 0.717) is 18.5 Å². The van der Waals surface area contributed by atoms with E-state index >= 15 is 0 Å². The Morgan fingerprint density at radius 3 is 2.71 bits per heavy atom. The molecule has 28 heavy (non-hydrogen) atoms. The highest BCUT2D eigenvalue weighted by Gasteiger charge is 2.25. The van der Waals surface area contributed by atoms with Crippen LogP contribution in [0, 0.1) is 5.92 Å². The minimum Gasteiger partial charge on any atom is -0.381 e. The Kier molecular flexibility index (Phi) is 8.82. The number of piperazine rings is 1. The van der Waals surface area contributed by atoms with Crippen LogP contribution in [0.2, 0.25) is 0 Å². The van der Waals surface area contributed by atoms with E-state index in [1.807, 2.05) is 0 Å². The fourth-order valence-corrected chi connectivity index (χ4v) is 3.56. The molecule has 1 aliphatic carbocycles. The van der Waals surface area contributed by atoms with Gasteiger partial charge in [-0.3, -0.25) is 14.7 Å². The third kappa shape index (κ3) is 7.56. The molecule has 0 spiro atoms. The highest BCUT2D eigenvalue weighted by atomic mass is 16.5. The Bertz CT molecular complexity index is 498. The molecule has 0 radical (unpaired) electrons. The standard InChI is InChI=1S/C20H37N5O3/c1-2-21-20(22-7-3-12-27-15-17-6-13-28-16-17)25-10-8-24(9-11-25)14-19(26)23-18-4-5-18/h17-18H,2-16H2,1H3,(H,21,22)(H,23,26). The molecule has 160 valence electrons. The molecule has 2 saturated heterocycles. The van der Waals surface area contributed by atoms with Crippen LogP contribution in [0.15, 0.2) is 4.99 Å². The van der Waals surface area contributed by atoms with E-state index in [2.05, 4.69) is 27.4 Å². The molecule has 1 atom stereocenters. The number of amides is 1. The van der Waals surface area contributed by atoms with Crippen LogP contribution in [0.1, 0.15) is 32.6 Å². The lowest BCUT2D eigenvalue weighted by Crippen LogP contribution is -2.54. The topological polar surface area (TPSA) is 78.4 Å². The van der Waals surface area contributed by atoms with Crippen molar-refractivity contribution in [2.45, 2.75) is 38.6 Å². The first kappa shape index (κ1) is 21.3. The molecular formula is C20H37N5O3. The fraction of sp³-hybridized carbons (Fsp3) is 0.900. The minimum absolute atomic E-state index is 0.167. The second-order valence-electron chi connectivity index (χ2n) is 8.00. The van der Waals surface area contributed by atoms with Crippen LogP contribution in [0.3, 0.4) is 0 Å². The van der Waals surface area contributed by atoms with Gasteiger partial charge in [0.15, 0.2) is 5.96 Å². The van der Waals surface area contributed by atoms with Crippen molar-refractivity contribution in [1.82, 2.24) is 20.4 Å². The summed E-state index contributed by atoms with van der Waals surface area (Å²) in [6.45, 7) is 11.1. The molecule has 8 heteroatoms. The van der Waals surface area contributed by atoms with Gasteiger partial charge in [0, 0.05) is 64.4 Å². The van der Waals surface area contributed by atoms with E-state index in [4.69, 9.17) is 14.5 Å². The van der Waals surface area contributed by atoms with E-state index in [1.54, 1.807) is 0 Å². The Morgan fingerprint density at radius 1 is 1.21 bits per heavy atom. The Hall–Kier alpha value is -1.38. The van der Waals surface area contributed by atoms with E-state index < -0.39 is 0 Å². The van der Waals surface area contributed by atoms with Gasteiger partial charge in [-0.25, -0.2) is 0 Å². The molecule has 3 rings (SSSR count). The number of hydrogen-bond donors (Lipinski definition) is 2. The van der Waals surface area contributed by atoms with Crippen molar-refractivity contribution in [3.05, 3.63) is 0 Å². The minimum atomic E-state index is 0.167. The molecule has 1 unspecified atom stereocenters. The molecule has 0 aromatic carbocycles. The number of nitrogens with one attached hydrogen (secondary N) is 2. The average Bonchev–Trinajstić information content (AvgIpc) is 3.35. The lowest BCUT2D eigenvalue weighted by atomic mass is 10.1. The first-order chi connectivity index (χ1) is 13.7. The Labute approximate surface area is 169 Å². The second kappa shape index (κ2) is 11.6. The smallest absolute Gasteiger partial charge is 0.234 e. The van der Waals surface area contributed by atoms with Crippen molar-refractivity contribution >= 4 is 11.9 Å². The maximum atomic E-state index is 12.0. The number of rotatable bonds is 10. The number of aliphatic imine (C=N–C) groups is 1. The predicted octanol–water partition coefficient (Wildman–Crippen LogP) is 0.291. The summed E-state index contributed by atoms with van der Waals surface area (Å²) >= 11 is 0. The summed E-state index contributed by atoms with van der Waals surface area (Å²) in [5, 5.41) is 6.47. The Balaban J connectivity index is 1.31. The van der Waals surface area contributed by atoms with Gasteiger partial charge in [0.05, 0.1) is 19.8 Å². The zero-order valence-corrected chi connectivity index (χ0v) is 17.3. The van der Waals surface area contributed by atoms with Gasteiger partial charge in [-0.2, -0.15) is 0 Å². The maximum absolute atomic E-state index is 12.0. The third-order valence-corrected chi connectivity index (χ3v) is 5.40. The third-order valence-electron chi connectivity index (χ3n) is 5.40.